The van der Waals surface area contributed by atoms with Gasteiger partial charge in [0.15, 0.2) is 0 Å². The number of ether oxygens (including phenoxy) is 1. The molecule has 6 nitrogen and oxygen atoms in total. The van der Waals surface area contributed by atoms with E-state index in [0.29, 0.717) is 12.0 Å². The third-order valence-corrected chi connectivity index (χ3v) is 4.87. The highest BCUT2D eigenvalue weighted by Gasteiger charge is 2.19. The third kappa shape index (κ3) is 5.14. The van der Waals surface area contributed by atoms with E-state index in [4.69, 9.17) is 9.15 Å². The van der Waals surface area contributed by atoms with Crippen LogP contribution in [0.25, 0.3) is 10.8 Å². The number of rotatable bonds is 4. The van der Waals surface area contributed by atoms with Crippen molar-refractivity contribution in [1.29, 1.82) is 0 Å². The topological polar surface area (TPSA) is 99.6 Å². The van der Waals surface area contributed by atoms with Crippen molar-refractivity contribution in [2.75, 3.05) is 6.61 Å². The summed E-state index contributed by atoms with van der Waals surface area (Å²) < 4.78 is 10.6. The molecule has 0 saturated heterocycles. The molecule has 7 heteroatoms. The maximum atomic E-state index is 10.5. The summed E-state index contributed by atoms with van der Waals surface area (Å²) in [4.78, 5) is 11.4. The molecule has 1 aromatic carbocycles. The summed E-state index contributed by atoms with van der Waals surface area (Å²) in [6, 6.07) is 12.4. The Labute approximate surface area is 156 Å². The van der Waals surface area contributed by atoms with E-state index in [2.05, 4.69) is 41.4 Å². The van der Waals surface area contributed by atoms with Crippen LogP contribution in [0.2, 0.25) is 0 Å². The van der Waals surface area contributed by atoms with Gasteiger partial charge in [0.25, 0.3) is 5.89 Å². The summed E-state index contributed by atoms with van der Waals surface area (Å²) >= 11 is 1.47. The molecule has 2 heterocycles. The standard InChI is InChI=1S/C13H18O.C6H4N2O2S.H2O/c1-2-10-14-13-9-5-7-11-6-3-4-8-12(11)13;9-6-8-7-5(10-6)4-2-1-3-11-4;/h3-4,6,8,13H,2,5,7,9-10H2,1H3;1-3H,(H,8,9);1H2/t13-;;/m0../s1. The van der Waals surface area contributed by atoms with Gasteiger partial charge in [0, 0.05) is 6.61 Å². The van der Waals surface area contributed by atoms with Crippen molar-refractivity contribution >= 4 is 11.3 Å². The number of fused-ring (bicyclic) bond motifs is 1. The fourth-order valence-corrected chi connectivity index (χ4v) is 3.53. The number of aromatic amines is 1. The van der Waals surface area contributed by atoms with Crippen LogP contribution >= 0.6 is 11.3 Å². The lowest BCUT2D eigenvalue weighted by Gasteiger charge is -2.25. The normalized spacial score (nSPS) is 15.3. The van der Waals surface area contributed by atoms with Crippen molar-refractivity contribution in [3.63, 3.8) is 0 Å². The maximum Gasteiger partial charge on any atom is 0.434 e. The average Bonchev–Trinajstić information content (AvgIpc) is 3.32. The first kappa shape index (κ1) is 20.1. The van der Waals surface area contributed by atoms with E-state index >= 15 is 0 Å². The molecule has 140 valence electrons. The highest BCUT2D eigenvalue weighted by Crippen LogP contribution is 2.32. The largest absolute Gasteiger partial charge is 0.434 e. The zero-order valence-electron chi connectivity index (χ0n) is 14.7. The molecular formula is C19H24N2O4S. The second kappa shape index (κ2) is 10.1. The highest BCUT2D eigenvalue weighted by atomic mass is 32.1. The van der Waals surface area contributed by atoms with Gasteiger partial charge in [-0.05, 0) is 48.3 Å². The summed E-state index contributed by atoms with van der Waals surface area (Å²) in [5.74, 6) is -0.168. The Morgan fingerprint density at radius 3 is 2.85 bits per heavy atom. The predicted octanol–water partition coefficient (Wildman–Crippen LogP) is 3.76. The molecule has 0 aliphatic heterocycles. The van der Waals surface area contributed by atoms with Crippen LogP contribution < -0.4 is 5.76 Å². The van der Waals surface area contributed by atoms with Gasteiger partial charge in [0.2, 0.25) is 0 Å². The van der Waals surface area contributed by atoms with E-state index < -0.39 is 5.76 Å². The summed E-state index contributed by atoms with van der Waals surface area (Å²) in [6.45, 7) is 3.05. The SMILES string of the molecule is CCCO[C@H]1CCCc2ccccc21.O.O=c1[nH]nc(-c2cccs2)o1. The molecule has 0 amide bonds. The molecule has 0 unspecified atom stereocenters. The molecule has 0 bridgehead atoms. The predicted molar refractivity (Wildman–Crippen MR) is 102 cm³/mol. The van der Waals surface area contributed by atoms with Crippen LogP contribution in [0.3, 0.4) is 0 Å². The van der Waals surface area contributed by atoms with Gasteiger partial charge in [-0.1, -0.05) is 37.3 Å². The van der Waals surface area contributed by atoms with Gasteiger partial charge in [-0.3, -0.25) is 0 Å². The van der Waals surface area contributed by atoms with Crippen LogP contribution in [0.5, 0.6) is 0 Å². The Bertz CT molecular complexity index is 826. The molecule has 0 spiro atoms. The van der Waals surface area contributed by atoms with Crippen LogP contribution in [0.1, 0.15) is 43.4 Å². The van der Waals surface area contributed by atoms with Crippen LogP contribution in [0.4, 0.5) is 0 Å². The van der Waals surface area contributed by atoms with Gasteiger partial charge < -0.3 is 14.6 Å². The number of thiophene rings is 1. The van der Waals surface area contributed by atoms with Gasteiger partial charge in [-0.2, -0.15) is 0 Å². The number of hydrogen-bond donors (Lipinski definition) is 1. The molecule has 0 fully saturated rings. The first-order valence-corrected chi connectivity index (χ1v) is 9.44. The number of H-pyrrole nitrogens is 1. The van der Waals surface area contributed by atoms with Crippen LogP contribution in [-0.4, -0.2) is 22.3 Å². The first-order valence-electron chi connectivity index (χ1n) is 8.56. The monoisotopic (exact) mass is 376 g/mol. The minimum atomic E-state index is -0.520. The van der Waals surface area contributed by atoms with E-state index in [9.17, 15) is 4.79 Å². The molecule has 3 aromatic rings. The molecule has 4 rings (SSSR count). The van der Waals surface area contributed by atoms with Crippen LogP contribution in [-0.2, 0) is 11.2 Å². The molecule has 1 aliphatic carbocycles. The van der Waals surface area contributed by atoms with Crippen molar-refractivity contribution in [2.24, 2.45) is 0 Å². The fraction of sp³-hybridized carbons (Fsp3) is 0.368. The average molecular weight is 376 g/mol. The second-order valence-corrected chi connectivity index (χ2v) is 6.79. The first-order chi connectivity index (χ1) is 12.3. The molecule has 26 heavy (non-hydrogen) atoms. The highest BCUT2D eigenvalue weighted by molar-refractivity contribution is 7.13. The van der Waals surface area contributed by atoms with Crippen molar-refractivity contribution in [2.45, 2.75) is 38.7 Å². The summed E-state index contributed by atoms with van der Waals surface area (Å²) in [5.41, 5.74) is 2.91. The lowest BCUT2D eigenvalue weighted by atomic mass is 9.89. The number of aryl methyl sites for hydroxylation is 1. The number of benzene rings is 1. The van der Waals surface area contributed by atoms with Gasteiger partial charge >= 0.3 is 5.76 Å². The quantitative estimate of drug-likeness (QED) is 0.749. The van der Waals surface area contributed by atoms with Gasteiger partial charge in [0.1, 0.15) is 0 Å². The van der Waals surface area contributed by atoms with Crippen LogP contribution in [0, 0.1) is 0 Å². The maximum absolute atomic E-state index is 10.5. The van der Waals surface area contributed by atoms with E-state index in [0.717, 1.165) is 17.9 Å². The van der Waals surface area contributed by atoms with Gasteiger partial charge in [-0.15, -0.1) is 16.4 Å². The van der Waals surface area contributed by atoms with Crippen molar-refractivity contribution in [1.82, 2.24) is 10.2 Å². The Hall–Kier alpha value is -2.22. The Morgan fingerprint density at radius 2 is 2.15 bits per heavy atom. The molecule has 1 aliphatic rings. The molecule has 0 saturated carbocycles. The number of aromatic nitrogens is 2. The molecular weight excluding hydrogens is 352 g/mol. The summed E-state index contributed by atoms with van der Waals surface area (Å²) in [6.07, 6.45) is 5.16. The minimum absolute atomic E-state index is 0. The van der Waals surface area contributed by atoms with E-state index in [1.165, 1.54) is 41.7 Å². The smallest absolute Gasteiger partial charge is 0.412 e. The molecule has 3 N–H and O–H groups in total. The van der Waals surface area contributed by atoms with Crippen molar-refractivity contribution < 1.29 is 14.6 Å². The minimum Gasteiger partial charge on any atom is -0.412 e. The molecule has 1 atom stereocenters. The number of nitrogens with one attached hydrogen (secondary N) is 1. The summed E-state index contributed by atoms with van der Waals surface area (Å²) in [7, 11) is 0. The second-order valence-electron chi connectivity index (χ2n) is 5.85. The van der Waals surface area contributed by atoms with Crippen LogP contribution in [0.15, 0.2) is 51.0 Å². The zero-order chi connectivity index (χ0) is 17.5. The Morgan fingerprint density at radius 1 is 1.31 bits per heavy atom. The third-order valence-electron chi connectivity index (χ3n) is 4.01. The molecule has 2 aromatic heterocycles. The summed E-state index contributed by atoms with van der Waals surface area (Å²) in [5, 5.41) is 7.75. The Balaban J connectivity index is 0.000000184. The van der Waals surface area contributed by atoms with Gasteiger partial charge in [0.05, 0.1) is 11.0 Å². The lowest BCUT2D eigenvalue weighted by Crippen LogP contribution is -2.13. The van der Waals surface area contributed by atoms with E-state index in [1.807, 2.05) is 17.5 Å². The van der Waals surface area contributed by atoms with Crippen molar-refractivity contribution in [3.8, 4) is 10.8 Å². The fourth-order valence-electron chi connectivity index (χ4n) is 2.88. The number of nitrogens with zero attached hydrogens (tertiary/aromatic N) is 1. The van der Waals surface area contributed by atoms with E-state index in [-0.39, 0.29) is 5.48 Å². The van der Waals surface area contributed by atoms with Gasteiger partial charge in [-0.25, -0.2) is 9.89 Å². The number of hydrogen-bond acceptors (Lipinski definition) is 5. The van der Waals surface area contributed by atoms with Crippen molar-refractivity contribution in [3.05, 3.63) is 63.5 Å². The lowest BCUT2D eigenvalue weighted by molar-refractivity contribution is 0.0412. The molecule has 0 radical (unpaired) electrons. The Kier molecular flexibility index (Phi) is 7.77. The zero-order valence-corrected chi connectivity index (χ0v) is 15.6. The van der Waals surface area contributed by atoms with E-state index in [1.54, 1.807) is 0 Å².